The fourth-order valence-electron chi connectivity index (χ4n) is 4.23. The first-order valence-corrected chi connectivity index (χ1v) is 10.1. The van der Waals surface area contributed by atoms with Gasteiger partial charge < -0.3 is 15.8 Å². The summed E-state index contributed by atoms with van der Waals surface area (Å²) in [7, 11) is 1.67. The van der Waals surface area contributed by atoms with Gasteiger partial charge in [0.25, 0.3) is 0 Å². The molecular formula is C23H30ClN3O2. The van der Waals surface area contributed by atoms with Crippen LogP contribution in [0.5, 0.6) is 5.75 Å². The van der Waals surface area contributed by atoms with Crippen molar-refractivity contribution in [3.63, 3.8) is 0 Å². The zero-order valence-corrected chi connectivity index (χ0v) is 17.6. The smallest absolute Gasteiger partial charge is 0.234 e. The number of likely N-dealkylation sites (tertiary alicyclic amines) is 1. The summed E-state index contributed by atoms with van der Waals surface area (Å²) in [5, 5.41) is 3.27. The first-order chi connectivity index (χ1) is 13.6. The topological polar surface area (TPSA) is 67.6 Å². The Hall–Kier alpha value is -2.08. The second-order valence-electron chi connectivity index (χ2n) is 8.03. The Labute approximate surface area is 179 Å². The van der Waals surface area contributed by atoms with Crippen LogP contribution in [0.15, 0.2) is 54.6 Å². The molecule has 2 aromatic carbocycles. The number of methoxy groups -OCH3 is 1. The Bertz CT molecular complexity index is 796. The van der Waals surface area contributed by atoms with Crippen molar-refractivity contribution in [3.05, 3.63) is 65.7 Å². The number of nitrogens with one attached hydrogen (secondary N) is 1. The summed E-state index contributed by atoms with van der Waals surface area (Å²) in [5.74, 6) is 1.74. The van der Waals surface area contributed by atoms with Crippen LogP contribution in [0.3, 0.4) is 0 Å². The van der Waals surface area contributed by atoms with Gasteiger partial charge in [-0.1, -0.05) is 42.5 Å². The summed E-state index contributed by atoms with van der Waals surface area (Å²) < 4.78 is 5.25. The van der Waals surface area contributed by atoms with E-state index >= 15 is 0 Å². The number of hydrogen-bond donors (Lipinski definition) is 2. The van der Waals surface area contributed by atoms with E-state index in [0.29, 0.717) is 12.5 Å². The van der Waals surface area contributed by atoms with Crippen molar-refractivity contribution < 1.29 is 9.53 Å². The predicted octanol–water partition coefficient (Wildman–Crippen LogP) is 3.11. The normalized spacial score (nSPS) is 22.6. The third-order valence-electron chi connectivity index (χ3n) is 5.92. The first kappa shape index (κ1) is 21.6. The molecule has 2 aromatic rings. The standard InChI is InChI=1S/C23H29N3O2.ClH/c1-28-19-11-9-18(10-12-19)23(17-7-8-17)25-22(27)15-26-13-20(21(24)14-26)16-5-3-2-4-6-16;/h2-6,9-12,17,20-21,23H,7-8,13-15,24H2,1H3,(H,25,27);1H/t20-,21+,23?;/m0./s1. The number of amides is 1. The van der Waals surface area contributed by atoms with Crippen molar-refractivity contribution in [3.8, 4) is 5.75 Å². The summed E-state index contributed by atoms with van der Waals surface area (Å²) in [6.45, 7) is 1.98. The number of nitrogens with two attached hydrogens (primary N) is 1. The molecule has 156 valence electrons. The third-order valence-corrected chi connectivity index (χ3v) is 5.92. The van der Waals surface area contributed by atoms with Gasteiger partial charge in [-0.3, -0.25) is 9.69 Å². The maximum atomic E-state index is 12.8. The minimum atomic E-state index is 0. The predicted molar refractivity (Wildman–Crippen MR) is 117 cm³/mol. The van der Waals surface area contributed by atoms with Crippen LogP contribution in [0.2, 0.25) is 0 Å². The van der Waals surface area contributed by atoms with Crippen LogP contribution in [-0.2, 0) is 4.79 Å². The van der Waals surface area contributed by atoms with Gasteiger partial charge in [0.1, 0.15) is 5.75 Å². The lowest BCUT2D eigenvalue weighted by Gasteiger charge is -2.22. The van der Waals surface area contributed by atoms with Gasteiger partial charge in [0.05, 0.1) is 19.7 Å². The second-order valence-corrected chi connectivity index (χ2v) is 8.03. The van der Waals surface area contributed by atoms with Crippen LogP contribution in [0, 0.1) is 5.92 Å². The van der Waals surface area contributed by atoms with Gasteiger partial charge in [-0.2, -0.15) is 0 Å². The Kier molecular flexibility index (Phi) is 7.17. The monoisotopic (exact) mass is 415 g/mol. The minimum Gasteiger partial charge on any atom is -0.497 e. The molecule has 3 atom stereocenters. The number of halogens is 1. The van der Waals surface area contributed by atoms with Gasteiger partial charge >= 0.3 is 0 Å². The van der Waals surface area contributed by atoms with Crippen molar-refractivity contribution in [2.75, 3.05) is 26.7 Å². The van der Waals surface area contributed by atoms with Crippen LogP contribution in [0.4, 0.5) is 0 Å². The van der Waals surface area contributed by atoms with E-state index in [1.54, 1.807) is 7.11 Å². The summed E-state index contributed by atoms with van der Waals surface area (Å²) in [4.78, 5) is 14.9. The molecule has 0 spiro atoms. The van der Waals surface area contributed by atoms with E-state index in [9.17, 15) is 4.79 Å². The molecule has 1 amide bonds. The summed E-state index contributed by atoms with van der Waals surface area (Å²) in [5.41, 5.74) is 8.78. The van der Waals surface area contributed by atoms with Crippen LogP contribution in [-0.4, -0.2) is 43.6 Å². The molecule has 3 N–H and O–H groups in total. The van der Waals surface area contributed by atoms with Crippen molar-refractivity contribution >= 4 is 18.3 Å². The lowest BCUT2D eigenvalue weighted by molar-refractivity contribution is -0.123. The summed E-state index contributed by atoms with van der Waals surface area (Å²) in [6, 6.07) is 18.5. The van der Waals surface area contributed by atoms with E-state index in [2.05, 4.69) is 34.5 Å². The molecule has 1 aliphatic heterocycles. The number of carbonyl (C=O) groups is 1. The number of rotatable bonds is 7. The summed E-state index contributed by atoms with van der Waals surface area (Å²) >= 11 is 0. The van der Waals surface area contributed by atoms with Gasteiger partial charge in [-0.05, 0) is 42.0 Å². The summed E-state index contributed by atoms with van der Waals surface area (Å²) in [6.07, 6.45) is 2.34. The second kappa shape index (κ2) is 9.61. The van der Waals surface area contributed by atoms with Gasteiger partial charge in [0.15, 0.2) is 0 Å². The molecular weight excluding hydrogens is 386 g/mol. The molecule has 1 saturated carbocycles. The van der Waals surface area contributed by atoms with E-state index < -0.39 is 0 Å². The molecule has 2 fully saturated rings. The molecule has 1 saturated heterocycles. The highest BCUT2D eigenvalue weighted by Crippen LogP contribution is 2.41. The van der Waals surface area contributed by atoms with E-state index in [0.717, 1.165) is 24.4 Å². The molecule has 0 aromatic heterocycles. The average molecular weight is 416 g/mol. The quantitative estimate of drug-likeness (QED) is 0.729. The number of benzene rings is 2. The lowest BCUT2D eigenvalue weighted by Crippen LogP contribution is -2.39. The SMILES string of the molecule is COc1ccc(C(NC(=O)CN2C[C@@H](N)[C@H](c3ccccc3)C2)C2CC2)cc1.Cl. The molecule has 1 aliphatic carbocycles. The Morgan fingerprint density at radius 1 is 1.14 bits per heavy atom. The van der Waals surface area contributed by atoms with E-state index in [-0.39, 0.29) is 36.3 Å². The number of nitrogens with zero attached hydrogens (tertiary/aromatic N) is 1. The molecule has 29 heavy (non-hydrogen) atoms. The molecule has 1 unspecified atom stereocenters. The van der Waals surface area contributed by atoms with Crippen molar-refractivity contribution in [1.29, 1.82) is 0 Å². The highest BCUT2D eigenvalue weighted by molar-refractivity contribution is 5.85. The fraction of sp³-hybridized carbons (Fsp3) is 0.435. The van der Waals surface area contributed by atoms with Crippen molar-refractivity contribution in [2.45, 2.75) is 30.8 Å². The van der Waals surface area contributed by atoms with Crippen LogP contribution in [0.1, 0.15) is 35.9 Å². The van der Waals surface area contributed by atoms with Crippen LogP contribution >= 0.6 is 12.4 Å². The number of hydrogen-bond acceptors (Lipinski definition) is 4. The highest BCUT2D eigenvalue weighted by Gasteiger charge is 2.35. The Morgan fingerprint density at radius 3 is 2.45 bits per heavy atom. The van der Waals surface area contributed by atoms with Crippen molar-refractivity contribution in [2.24, 2.45) is 11.7 Å². The number of ether oxygens (including phenoxy) is 1. The highest BCUT2D eigenvalue weighted by atomic mass is 35.5. The molecule has 6 heteroatoms. The van der Waals surface area contributed by atoms with Gasteiger partial charge in [0, 0.05) is 25.0 Å². The minimum absolute atomic E-state index is 0. The van der Waals surface area contributed by atoms with E-state index in [1.807, 2.05) is 30.3 Å². The zero-order valence-electron chi connectivity index (χ0n) is 16.8. The van der Waals surface area contributed by atoms with Gasteiger partial charge in [-0.25, -0.2) is 0 Å². The Balaban J connectivity index is 0.00000240. The van der Waals surface area contributed by atoms with E-state index in [4.69, 9.17) is 10.5 Å². The molecule has 1 heterocycles. The maximum absolute atomic E-state index is 12.8. The zero-order chi connectivity index (χ0) is 19.5. The van der Waals surface area contributed by atoms with Crippen LogP contribution in [0.25, 0.3) is 0 Å². The van der Waals surface area contributed by atoms with E-state index in [1.165, 1.54) is 18.4 Å². The largest absolute Gasteiger partial charge is 0.497 e. The maximum Gasteiger partial charge on any atom is 0.234 e. The Morgan fingerprint density at radius 2 is 1.83 bits per heavy atom. The number of carbonyl (C=O) groups excluding carboxylic acids is 1. The molecule has 0 radical (unpaired) electrons. The first-order valence-electron chi connectivity index (χ1n) is 10.1. The third kappa shape index (κ3) is 5.30. The molecule has 4 rings (SSSR count). The van der Waals surface area contributed by atoms with Crippen LogP contribution < -0.4 is 15.8 Å². The lowest BCUT2D eigenvalue weighted by atomic mass is 9.95. The molecule has 0 bridgehead atoms. The average Bonchev–Trinajstić information content (AvgIpc) is 3.50. The fourth-order valence-corrected chi connectivity index (χ4v) is 4.23. The van der Waals surface area contributed by atoms with Gasteiger partial charge in [-0.15, -0.1) is 12.4 Å². The van der Waals surface area contributed by atoms with Gasteiger partial charge in [0.2, 0.25) is 5.91 Å². The van der Waals surface area contributed by atoms with Crippen molar-refractivity contribution in [1.82, 2.24) is 10.2 Å². The molecule has 5 nitrogen and oxygen atoms in total. The molecule has 2 aliphatic rings.